The van der Waals surface area contributed by atoms with Crippen molar-refractivity contribution in [3.8, 4) is 5.75 Å². The maximum absolute atomic E-state index is 13.3. The number of ether oxygens (including phenoxy) is 1. The lowest BCUT2D eigenvalue weighted by atomic mass is 9.95. The zero-order valence-electron chi connectivity index (χ0n) is 8.87. The predicted molar refractivity (Wildman–Crippen MR) is 53.7 cm³/mol. The Kier molecular flexibility index (Phi) is 3.29. The van der Waals surface area contributed by atoms with Gasteiger partial charge in [0.2, 0.25) is 0 Å². The molecule has 15 heavy (non-hydrogen) atoms. The Hall–Kier alpha value is -1.58. The van der Waals surface area contributed by atoms with E-state index in [9.17, 15) is 9.18 Å². The van der Waals surface area contributed by atoms with Gasteiger partial charge in [-0.2, -0.15) is 0 Å². The molecule has 82 valence electrons. The monoisotopic (exact) mass is 212 g/mol. The van der Waals surface area contributed by atoms with Gasteiger partial charge in [-0.25, -0.2) is 4.39 Å². The van der Waals surface area contributed by atoms with Crippen molar-refractivity contribution in [2.24, 2.45) is 0 Å². The normalized spacial score (nSPS) is 12.3. The van der Waals surface area contributed by atoms with Crippen molar-refractivity contribution < 1.29 is 19.0 Å². The molecule has 0 spiro atoms. The van der Waals surface area contributed by atoms with Crippen LogP contribution in [-0.4, -0.2) is 18.2 Å². The highest BCUT2D eigenvalue weighted by Crippen LogP contribution is 2.31. The van der Waals surface area contributed by atoms with E-state index < -0.39 is 17.7 Å². The molecule has 0 aromatic heterocycles. The van der Waals surface area contributed by atoms with Gasteiger partial charge >= 0.3 is 5.97 Å². The molecule has 4 heteroatoms. The van der Waals surface area contributed by atoms with E-state index in [1.54, 1.807) is 6.92 Å². The van der Waals surface area contributed by atoms with E-state index in [4.69, 9.17) is 9.84 Å². The number of halogens is 1. The first-order valence-electron chi connectivity index (χ1n) is 4.54. The molecule has 1 unspecified atom stereocenters. The largest absolute Gasteiger partial charge is 0.496 e. The van der Waals surface area contributed by atoms with E-state index in [0.29, 0.717) is 16.9 Å². The third-order valence-corrected chi connectivity index (χ3v) is 2.43. The van der Waals surface area contributed by atoms with Gasteiger partial charge in [0.05, 0.1) is 13.0 Å². The van der Waals surface area contributed by atoms with Crippen LogP contribution in [0.1, 0.15) is 24.0 Å². The lowest BCUT2D eigenvalue weighted by molar-refractivity contribution is -0.138. The van der Waals surface area contributed by atoms with Crippen molar-refractivity contribution >= 4 is 5.97 Å². The van der Waals surface area contributed by atoms with E-state index in [0.717, 1.165) is 0 Å². The van der Waals surface area contributed by atoms with Crippen LogP contribution in [0, 0.1) is 12.7 Å². The number of carbonyl (C=O) groups is 1. The SMILES string of the molecule is COc1ccc(F)c(C)c1C(C)C(=O)O. The summed E-state index contributed by atoms with van der Waals surface area (Å²) in [5, 5.41) is 8.89. The molecule has 1 aromatic carbocycles. The van der Waals surface area contributed by atoms with Crippen LogP contribution in [0.3, 0.4) is 0 Å². The number of hydrogen-bond donors (Lipinski definition) is 1. The molecule has 0 heterocycles. The van der Waals surface area contributed by atoms with E-state index in [1.807, 2.05) is 0 Å². The van der Waals surface area contributed by atoms with E-state index in [2.05, 4.69) is 0 Å². The van der Waals surface area contributed by atoms with Gasteiger partial charge in [-0.05, 0) is 31.5 Å². The molecule has 1 atom stereocenters. The lowest BCUT2D eigenvalue weighted by Crippen LogP contribution is -2.11. The number of rotatable bonds is 3. The van der Waals surface area contributed by atoms with Gasteiger partial charge in [-0.1, -0.05) is 0 Å². The minimum Gasteiger partial charge on any atom is -0.496 e. The fourth-order valence-corrected chi connectivity index (χ4v) is 1.52. The highest BCUT2D eigenvalue weighted by molar-refractivity contribution is 5.77. The Bertz CT molecular complexity index is 388. The van der Waals surface area contributed by atoms with Crippen LogP contribution in [0.25, 0.3) is 0 Å². The fraction of sp³-hybridized carbons (Fsp3) is 0.364. The number of aliphatic carboxylic acids is 1. The molecule has 0 fully saturated rings. The van der Waals surface area contributed by atoms with Crippen LogP contribution in [0.4, 0.5) is 4.39 Å². The summed E-state index contributed by atoms with van der Waals surface area (Å²) in [4.78, 5) is 10.9. The summed E-state index contributed by atoms with van der Waals surface area (Å²) in [6.07, 6.45) is 0. The van der Waals surface area contributed by atoms with Gasteiger partial charge in [-0.3, -0.25) is 4.79 Å². The molecule has 1 rings (SSSR count). The quantitative estimate of drug-likeness (QED) is 0.836. The molecular formula is C11H13FO3. The number of carboxylic acids is 1. The van der Waals surface area contributed by atoms with Crippen molar-refractivity contribution in [3.05, 3.63) is 29.1 Å². The van der Waals surface area contributed by atoms with Crippen molar-refractivity contribution in [1.29, 1.82) is 0 Å². The Balaban J connectivity index is 3.35. The third kappa shape index (κ3) is 2.09. The smallest absolute Gasteiger partial charge is 0.310 e. The Morgan fingerprint density at radius 1 is 1.53 bits per heavy atom. The van der Waals surface area contributed by atoms with Crippen molar-refractivity contribution in [1.82, 2.24) is 0 Å². The van der Waals surface area contributed by atoms with E-state index in [1.165, 1.54) is 26.2 Å². The zero-order chi connectivity index (χ0) is 11.6. The molecule has 0 radical (unpaired) electrons. The van der Waals surface area contributed by atoms with Gasteiger partial charge in [-0.15, -0.1) is 0 Å². The van der Waals surface area contributed by atoms with E-state index in [-0.39, 0.29) is 0 Å². The summed E-state index contributed by atoms with van der Waals surface area (Å²) in [7, 11) is 1.44. The first-order valence-corrected chi connectivity index (χ1v) is 4.54. The molecule has 0 saturated heterocycles. The number of methoxy groups -OCH3 is 1. The van der Waals surface area contributed by atoms with Gasteiger partial charge in [0.25, 0.3) is 0 Å². The van der Waals surface area contributed by atoms with Gasteiger partial charge in [0, 0.05) is 5.56 Å². The second kappa shape index (κ2) is 4.29. The van der Waals surface area contributed by atoms with Crippen LogP contribution < -0.4 is 4.74 Å². The van der Waals surface area contributed by atoms with Gasteiger partial charge < -0.3 is 9.84 Å². The molecule has 0 amide bonds. The Labute approximate surface area is 87.5 Å². The van der Waals surface area contributed by atoms with Crippen LogP contribution >= 0.6 is 0 Å². The molecule has 1 aromatic rings. The first kappa shape index (κ1) is 11.5. The Morgan fingerprint density at radius 3 is 2.60 bits per heavy atom. The summed E-state index contributed by atoms with van der Waals surface area (Å²) in [6.45, 7) is 3.05. The highest BCUT2D eigenvalue weighted by Gasteiger charge is 2.22. The zero-order valence-corrected chi connectivity index (χ0v) is 8.87. The Morgan fingerprint density at radius 2 is 2.13 bits per heavy atom. The highest BCUT2D eigenvalue weighted by atomic mass is 19.1. The summed E-state index contributed by atoms with van der Waals surface area (Å²) < 4.78 is 18.3. The second-order valence-electron chi connectivity index (χ2n) is 3.35. The number of benzene rings is 1. The standard InChI is InChI=1S/C11H13FO3/c1-6-8(12)4-5-9(15-3)10(6)7(2)11(13)14/h4-5,7H,1-3H3,(H,13,14). The van der Waals surface area contributed by atoms with Crippen molar-refractivity contribution in [2.45, 2.75) is 19.8 Å². The molecule has 0 aliphatic rings. The molecular weight excluding hydrogens is 199 g/mol. The summed E-state index contributed by atoms with van der Waals surface area (Å²) in [5.41, 5.74) is 0.717. The summed E-state index contributed by atoms with van der Waals surface area (Å²) in [5.74, 6) is -1.79. The van der Waals surface area contributed by atoms with Crippen LogP contribution in [-0.2, 0) is 4.79 Å². The average molecular weight is 212 g/mol. The van der Waals surface area contributed by atoms with Crippen molar-refractivity contribution in [3.63, 3.8) is 0 Å². The fourth-order valence-electron chi connectivity index (χ4n) is 1.52. The first-order chi connectivity index (χ1) is 6.99. The summed E-state index contributed by atoms with van der Waals surface area (Å²) >= 11 is 0. The molecule has 0 aliphatic carbocycles. The topological polar surface area (TPSA) is 46.5 Å². The number of carboxylic acid groups (broad SMARTS) is 1. The molecule has 0 aliphatic heterocycles. The molecule has 0 saturated carbocycles. The van der Waals surface area contributed by atoms with E-state index >= 15 is 0 Å². The second-order valence-corrected chi connectivity index (χ2v) is 3.35. The van der Waals surface area contributed by atoms with Crippen molar-refractivity contribution in [2.75, 3.05) is 7.11 Å². The molecule has 0 bridgehead atoms. The van der Waals surface area contributed by atoms with Crippen LogP contribution in [0.5, 0.6) is 5.75 Å². The van der Waals surface area contributed by atoms with Crippen LogP contribution in [0.15, 0.2) is 12.1 Å². The number of hydrogen-bond acceptors (Lipinski definition) is 2. The molecule has 1 N–H and O–H groups in total. The average Bonchev–Trinajstić information content (AvgIpc) is 2.20. The maximum atomic E-state index is 13.3. The van der Waals surface area contributed by atoms with Gasteiger partial charge in [0.1, 0.15) is 11.6 Å². The lowest BCUT2D eigenvalue weighted by Gasteiger charge is -2.15. The minimum atomic E-state index is -0.998. The molecule has 3 nitrogen and oxygen atoms in total. The maximum Gasteiger partial charge on any atom is 0.310 e. The third-order valence-electron chi connectivity index (χ3n) is 2.43. The summed E-state index contributed by atoms with van der Waals surface area (Å²) in [6, 6.07) is 2.71. The van der Waals surface area contributed by atoms with Crippen LogP contribution in [0.2, 0.25) is 0 Å². The minimum absolute atomic E-state index is 0.323. The predicted octanol–water partition coefficient (Wildman–Crippen LogP) is 2.33. The van der Waals surface area contributed by atoms with Gasteiger partial charge in [0.15, 0.2) is 0 Å².